The highest BCUT2D eigenvalue weighted by molar-refractivity contribution is 5.22. The Morgan fingerprint density at radius 3 is 2.21 bits per heavy atom. The van der Waals surface area contributed by atoms with Gasteiger partial charge >= 0.3 is 0 Å². The molecule has 0 radical (unpaired) electrons. The van der Waals surface area contributed by atoms with Crippen LogP contribution in [0.1, 0.15) is 72.6 Å². The van der Waals surface area contributed by atoms with E-state index in [0.29, 0.717) is 25.7 Å². The molecule has 6 fully saturated rings. The maximum Gasteiger partial charge on any atom is 0.186 e. The number of hydrogen-bond donors (Lipinski definition) is 9. The molecule has 13 nitrogen and oxygen atoms in total. The van der Waals surface area contributed by atoms with Gasteiger partial charge in [-0.15, -0.1) is 0 Å². The van der Waals surface area contributed by atoms with Gasteiger partial charge in [-0.05, 0) is 73.5 Å². The van der Waals surface area contributed by atoms with Gasteiger partial charge in [-0.1, -0.05) is 27.7 Å². The van der Waals surface area contributed by atoms with E-state index in [1.165, 1.54) is 0 Å². The third-order valence-electron chi connectivity index (χ3n) is 14.5. The molecule has 272 valence electrons. The molecule has 0 bridgehead atoms. The average molecular weight is 675 g/mol. The summed E-state index contributed by atoms with van der Waals surface area (Å²) >= 11 is 0. The highest BCUT2D eigenvalue weighted by atomic mass is 16.7. The second-order valence-corrected chi connectivity index (χ2v) is 16.4. The van der Waals surface area contributed by atoms with E-state index in [9.17, 15) is 46.0 Å². The van der Waals surface area contributed by atoms with Gasteiger partial charge in [-0.25, -0.2) is 0 Å². The molecule has 47 heavy (non-hydrogen) atoms. The highest BCUT2D eigenvalue weighted by Gasteiger charge is 2.74. The molecule has 0 aromatic rings. The highest BCUT2D eigenvalue weighted by Crippen LogP contribution is 2.71. The first-order valence-electron chi connectivity index (χ1n) is 17.6. The molecule has 0 aromatic heterocycles. The Morgan fingerprint density at radius 1 is 0.872 bits per heavy atom. The minimum Gasteiger partial charge on any atom is -0.394 e. The monoisotopic (exact) mass is 674 g/mol. The largest absolute Gasteiger partial charge is 0.394 e. The number of rotatable bonds is 8. The van der Waals surface area contributed by atoms with Crippen LogP contribution in [0.25, 0.3) is 0 Å². The van der Waals surface area contributed by atoms with Crippen molar-refractivity contribution in [3.8, 4) is 0 Å². The van der Waals surface area contributed by atoms with Crippen molar-refractivity contribution in [2.75, 3.05) is 20.3 Å². The second-order valence-electron chi connectivity index (χ2n) is 16.4. The van der Waals surface area contributed by atoms with Crippen molar-refractivity contribution in [1.29, 1.82) is 0 Å². The Balaban J connectivity index is 1.12. The Hall–Kier alpha value is -0.520. The zero-order valence-electron chi connectivity index (χ0n) is 28.3. The number of fused-ring (bicyclic) bond motifs is 7. The van der Waals surface area contributed by atoms with Crippen molar-refractivity contribution < 1.29 is 64.9 Å². The molecule has 13 heteroatoms. The third-order valence-corrected chi connectivity index (χ3v) is 14.5. The zero-order chi connectivity index (χ0) is 34.4. The summed E-state index contributed by atoms with van der Waals surface area (Å²) in [6.45, 7) is 8.02. The van der Waals surface area contributed by atoms with Crippen molar-refractivity contribution >= 4 is 0 Å². The summed E-state index contributed by atoms with van der Waals surface area (Å²) in [5, 5.41) is 95.1. The molecule has 0 amide bonds. The van der Waals surface area contributed by atoms with Crippen LogP contribution in [0.2, 0.25) is 0 Å². The van der Waals surface area contributed by atoms with Crippen molar-refractivity contribution in [3.05, 3.63) is 0 Å². The van der Waals surface area contributed by atoms with E-state index in [2.05, 4.69) is 13.8 Å². The predicted octanol–water partition coefficient (Wildman–Crippen LogP) is -0.746. The molecule has 0 spiro atoms. The van der Waals surface area contributed by atoms with E-state index >= 15 is 0 Å². The summed E-state index contributed by atoms with van der Waals surface area (Å²) in [5.74, 6) is -0.236. The first-order valence-corrected chi connectivity index (χ1v) is 17.6. The van der Waals surface area contributed by atoms with Gasteiger partial charge in [0, 0.05) is 24.9 Å². The van der Waals surface area contributed by atoms with Crippen LogP contribution >= 0.6 is 0 Å². The molecule has 2 saturated heterocycles. The lowest BCUT2D eigenvalue weighted by Crippen LogP contribution is -2.77. The Morgan fingerprint density at radius 2 is 1.55 bits per heavy atom. The SMILES string of the molecule is COC1(CCC(C)CO[C@@H]2O[C@H](CO)[C@@H](O)[C@H](O)[C@H]2O)O[C@H]2C[C@H]3[C@@H]4CCC5(O)C(O)C(O)C(O)C(O)[C@]5(C)[C@H]4CC[C@]3(C)[C@H]2[C@@H]1C. The number of ether oxygens (including phenoxy) is 4. The van der Waals surface area contributed by atoms with Gasteiger partial charge in [0.05, 0.1) is 25.4 Å². The molecule has 9 N–H and O–H groups in total. The molecule has 2 aliphatic heterocycles. The first-order chi connectivity index (χ1) is 22.0. The normalized spacial score (nSPS) is 58.0. The zero-order valence-corrected chi connectivity index (χ0v) is 28.3. The smallest absolute Gasteiger partial charge is 0.186 e. The molecule has 2 heterocycles. The molecule has 6 rings (SSSR count). The quantitative estimate of drug-likeness (QED) is 0.155. The average Bonchev–Trinajstić information content (AvgIpc) is 3.51. The van der Waals surface area contributed by atoms with Crippen LogP contribution in [0.3, 0.4) is 0 Å². The van der Waals surface area contributed by atoms with E-state index in [1.807, 2.05) is 6.92 Å². The fourth-order valence-electron chi connectivity index (χ4n) is 11.7. The van der Waals surface area contributed by atoms with Gasteiger partial charge in [0.2, 0.25) is 0 Å². The maximum absolute atomic E-state index is 11.8. The summed E-state index contributed by atoms with van der Waals surface area (Å²) in [5.41, 5.74) is -2.96. The molecule has 4 aliphatic carbocycles. The molecule has 7 unspecified atom stereocenters. The van der Waals surface area contributed by atoms with Gasteiger partial charge in [0.25, 0.3) is 0 Å². The number of aliphatic hydroxyl groups excluding tert-OH is 8. The predicted molar refractivity (Wildman–Crippen MR) is 164 cm³/mol. The standard InChI is InChI=1S/C34H58O13/c1-15(14-45-30-27(40)24(37)23(36)21(13-35)46-30)6-11-34(44-5)16(2)22-20(47-34)12-19-17-7-10-33(43)29(42)26(39)25(38)28(41)32(33,4)18(17)8-9-31(19,22)3/h15-30,35-43H,6-14H2,1-5H3/t15?,16-,17+,18-,19-,20-,21+,22-,23+,24-,25?,26?,27+,28?,29?,30+,31-,32-,33?,34?/m0/s1. The van der Waals surface area contributed by atoms with Crippen LogP contribution in [0.5, 0.6) is 0 Å². The molecular weight excluding hydrogens is 616 g/mol. The minimum absolute atomic E-state index is 0.0114. The van der Waals surface area contributed by atoms with Crippen LogP contribution in [0, 0.1) is 46.3 Å². The van der Waals surface area contributed by atoms with Gasteiger partial charge in [0.1, 0.15) is 48.3 Å². The van der Waals surface area contributed by atoms with E-state index < -0.39 is 78.5 Å². The van der Waals surface area contributed by atoms with E-state index in [0.717, 1.165) is 12.8 Å². The number of aliphatic hydroxyl groups is 9. The summed E-state index contributed by atoms with van der Waals surface area (Å²) in [6, 6.07) is 0. The first kappa shape index (κ1) is 36.3. The summed E-state index contributed by atoms with van der Waals surface area (Å²) in [6.07, 6.45) is -8.15. The fourth-order valence-corrected chi connectivity index (χ4v) is 11.7. The van der Waals surface area contributed by atoms with Gasteiger partial charge in [-0.3, -0.25) is 0 Å². The van der Waals surface area contributed by atoms with E-state index in [1.54, 1.807) is 14.0 Å². The van der Waals surface area contributed by atoms with Crippen LogP contribution in [-0.2, 0) is 18.9 Å². The van der Waals surface area contributed by atoms with Crippen molar-refractivity contribution in [3.63, 3.8) is 0 Å². The Labute approximate surface area is 276 Å². The Kier molecular flexibility index (Phi) is 9.73. The molecule has 0 aromatic carbocycles. The Bertz CT molecular complexity index is 1130. The van der Waals surface area contributed by atoms with Gasteiger partial charge in [0.15, 0.2) is 12.1 Å². The number of hydrogen-bond acceptors (Lipinski definition) is 13. The summed E-state index contributed by atoms with van der Waals surface area (Å²) in [4.78, 5) is 0. The molecule has 6 aliphatic rings. The lowest BCUT2D eigenvalue weighted by atomic mass is 9.41. The van der Waals surface area contributed by atoms with Crippen LogP contribution < -0.4 is 0 Å². The maximum atomic E-state index is 11.8. The van der Waals surface area contributed by atoms with Gasteiger partial charge < -0.3 is 64.9 Å². The minimum atomic E-state index is -1.70. The molecule has 20 atom stereocenters. The molecular formula is C34H58O13. The lowest BCUT2D eigenvalue weighted by Gasteiger charge is -2.67. The van der Waals surface area contributed by atoms with Crippen molar-refractivity contribution in [2.45, 2.75) is 145 Å². The summed E-state index contributed by atoms with van der Waals surface area (Å²) < 4.78 is 24.3. The van der Waals surface area contributed by atoms with Crippen LogP contribution in [0.4, 0.5) is 0 Å². The van der Waals surface area contributed by atoms with Crippen molar-refractivity contribution in [1.82, 2.24) is 0 Å². The fraction of sp³-hybridized carbons (Fsp3) is 1.00. The van der Waals surface area contributed by atoms with Crippen LogP contribution in [0.15, 0.2) is 0 Å². The van der Waals surface area contributed by atoms with Gasteiger partial charge in [-0.2, -0.15) is 0 Å². The van der Waals surface area contributed by atoms with Crippen molar-refractivity contribution in [2.24, 2.45) is 46.3 Å². The third kappa shape index (κ3) is 5.13. The summed E-state index contributed by atoms with van der Waals surface area (Å²) in [7, 11) is 1.68. The van der Waals surface area contributed by atoms with E-state index in [-0.39, 0.29) is 60.1 Å². The van der Waals surface area contributed by atoms with E-state index in [4.69, 9.17) is 18.9 Å². The number of methoxy groups -OCH3 is 1. The second kappa shape index (κ2) is 12.6. The molecule has 4 saturated carbocycles. The van der Waals surface area contributed by atoms with Crippen LogP contribution in [-0.4, -0.2) is 139 Å². The topological polar surface area (TPSA) is 219 Å². The lowest BCUT2D eigenvalue weighted by molar-refractivity contribution is -0.324.